The molecular weight excluding hydrogens is 356 g/mol. The van der Waals surface area contributed by atoms with E-state index in [4.69, 9.17) is 9.84 Å². The van der Waals surface area contributed by atoms with Gasteiger partial charge >= 0.3 is 0 Å². The van der Waals surface area contributed by atoms with Crippen molar-refractivity contribution in [3.63, 3.8) is 0 Å². The zero-order chi connectivity index (χ0) is 20.0. The molecule has 146 valence electrons. The van der Waals surface area contributed by atoms with E-state index in [1.165, 1.54) is 16.7 Å². The van der Waals surface area contributed by atoms with Gasteiger partial charge in [-0.1, -0.05) is 93.6 Å². The molecule has 29 heavy (non-hydrogen) atoms. The summed E-state index contributed by atoms with van der Waals surface area (Å²) in [6, 6.07) is 27.8. The van der Waals surface area contributed by atoms with Crippen LogP contribution in [0.1, 0.15) is 61.7 Å². The summed E-state index contributed by atoms with van der Waals surface area (Å²) >= 11 is 0. The Bertz CT molecular complexity index is 1050. The van der Waals surface area contributed by atoms with Gasteiger partial charge < -0.3 is 4.74 Å². The van der Waals surface area contributed by atoms with Gasteiger partial charge in [0.25, 0.3) is 0 Å². The van der Waals surface area contributed by atoms with Crippen LogP contribution in [0.25, 0.3) is 0 Å². The summed E-state index contributed by atoms with van der Waals surface area (Å²) in [7, 11) is 0. The van der Waals surface area contributed by atoms with Gasteiger partial charge in [0.05, 0.1) is 11.8 Å². The number of rotatable bonds is 2. The largest absolute Gasteiger partial charge is 0.464 e. The quantitative estimate of drug-likeness (QED) is 0.525. The van der Waals surface area contributed by atoms with Crippen LogP contribution >= 0.6 is 0 Å². The molecule has 3 aromatic carbocycles. The molecule has 0 bridgehead atoms. The summed E-state index contributed by atoms with van der Waals surface area (Å²) in [4.78, 5) is 0. The first-order chi connectivity index (χ1) is 14.0. The normalized spacial score (nSPS) is 20.5. The van der Waals surface area contributed by atoms with Gasteiger partial charge in [0.15, 0.2) is 0 Å². The molecule has 3 nitrogen and oxygen atoms in total. The summed E-state index contributed by atoms with van der Waals surface area (Å²) in [5, 5.41) is 7.18. The maximum absolute atomic E-state index is 6.46. The van der Waals surface area contributed by atoms with Crippen molar-refractivity contribution in [2.24, 2.45) is 5.10 Å². The predicted octanol–water partition coefficient (Wildman–Crippen LogP) is 6.23. The average molecular weight is 383 g/mol. The van der Waals surface area contributed by atoms with E-state index < -0.39 is 0 Å². The van der Waals surface area contributed by atoms with Gasteiger partial charge in [-0.25, -0.2) is 5.01 Å². The van der Waals surface area contributed by atoms with E-state index in [1.54, 1.807) is 0 Å². The van der Waals surface area contributed by atoms with Crippen molar-refractivity contribution in [2.45, 2.75) is 44.9 Å². The molecule has 0 spiro atoms. The minimum Gasteiger partial charge on any atom is -0.464 e. The molecule has 0 N–H and O–H groups in total. The molecule has 2 heterocycles. The first-order valence-electron chi connectivity index (χ1n) is 10.3. The van der Waals surface area contributed by atoms with Crippen LogP contribution in [-0.2, 0) is 5.41 Å². The van der Waals surface area contributed by atoms with Crippen LogP contribution in [0.4, 0.5) is 0 Å². The Labute approximate surface area is 172 Å². The number of ether oxygens (including phenoxy) is 1. The highest BCUT2D eigenvalue weighted by molar-refractivity contribution is 6.01. The van der Waals surface area contributed by atoms with Crippen molar-refractivity contribution in [1.82, 2.24) is 5.01 Å². The molecular formula is C26H26N2O. The van der Waals surface area contributed by atoms with Crippen molar-refractivity contribution in [3.8, 4) is 5.75 Å². The number of para-hydroxylation sites is 1. The molecule has 0 aromatic heterocycles. The molecule has 5 rings (SSSR count). The van der Waals surface area contributed by atoms with Gasteiger partial charge in [0.2, 0.25) is 6.23 Å². The number of fused-ring (bicyclic) bond motifs is 3. The summed E-state index contributed by atoms with van der Waals surface area (Å²) in [6.07, 6.45) is 0.672. The van der Waals surface area contributed by atoms with Crippen LogP contribution in [0.5, 0.6) is 5.75 Å². The Balaban J connectivity index is 1.56. The van der Waals surface area contributed by atoms with E-state index >= 15 is 0 Å². The minimum absolute atomic E-state index is 0.132. The summed E-state index contributed by atoms with van der Waals surface area (Å²) in [5.41, 5.74) is 6.10. The van der Waals surface area contributed by atoms with Crippen molar-refractivity contribution < 1.29 is 4.74 Å². The molecule has 0 radical (unpaired) electrons. The molecule has 2 atom stereocenters. The Kier molecular flexibility index (Phi) is 4.20. The van der Waals surface area contributed by atoms with Gasteiger partial charge in [0.1, 0.15) is 5.75 Å². The lowest BCUT2D eigenvalue weighted by molar-refractivity contribution is -0.0190. The number of benzene rings is 3. The van der Waals surface area contributed by atoms with Gasteiger partial charge in [0, 0.05) is 17.5 Å². The summed E-state index contributed by atoms with van der Waals surface area (Å²) < 4.78 is 6.46. The molecule has 0 saturated heterocycles. The Morgan fingerprint density at radius 1 is 0.862 bits per heavy atom. The second kappa shape index (κ2) is 6.77. The van der Waals surface area contributed by atoms with Crippen LogP contribution in [0, 0.1) is 0 Å². The second-order valence-electron chi connectivity index (χ2n) is 8.89. The van der Waals surface area contributed by atoms with Crippen LogP contribution < -0.4 is 4.74 Å². The number of hydrogen-bond donors (Lipinski definition) is 0. The van der Waals surface area contributed by atoms with E-state index in [0.717, 1.165) is 23.4 Å². The molecule has 0 unspecified atom stereocenters. The zero-order valence-electron chi connectivity index (χ0n) is 17.2. The van der Waals surface area contributed by atoms with Gasteiger partial charge in [-0.15, -0.1) is 0 Å². The second-order valence-corrected chi connectivity index (χ2v) is 8.89. The topological polar surface area (TPSA) is 24.8 Å². The number of hydrazone groups is 1. The summed E-state index contributed by atoms with van der Waals surface area (Å²) in [6.45, 7) is 6.72. The standard InChI is InChI=1S/C26H26N2O/c1-26(2,3)20-15-13-19(14-16-20)25-28-23(21-11-7-8-12-24(21)29-25)17-22(27-28)18-9-5-4-6-10-18/h4-16,23,25H,17H2,1-3H3/t23-,25-/m1/s1. The molecule has 0 amide bonds. The Morgan fingerprint density at radius 2 is 1.55 bits per heavy atom. The van der Waals surface area contributed by atoms with Crippen LogP contribution in [0.3, 0.4) is 0 Å². The maximum atomic E-state index is 6.46. The van der Waals surface area contributed by atoms with E-state index in [0.29, 0.717) is 0 Å². The molecule has 0 fully saturated rings. The maximum Gasteiger partial charge on any atom is 0.213 e. The van der Waals surface area contributed by atoms with Crippen molar-refractivity contribution in [1.29, 1.82) is 0 Å². The van der Waals surface area contributed by atoms with Gasteiger partial charge in [-0.05, 0) is 22.6 Å². The lowest BCUT2D eigenvalue weighted by Gasteiger charge is -2.38. The third-order valence-corrected chi connectivity index (χ3v) is 5.87. The highest BCUT2D eigenvalue weighted by atomic mass is 16.5. The van der Waals surface area contributed by atoms with E-state index in [1.807, 2.05) is 12.1 Å². The first kappa shape index (κ1) is 18.0. The van der Waals surface area contributed by atoms with E-state index in [2.05, 4.69) is 92.5 Å². The molecule has 3 aromatic rings. The third-order valence-electron chi connectivity index (χ3n) is 5.87. The van der Waals surface area contributed by atoms with E-state index in [9.17, 15) is 0 Å². The molecule has 2 aliphatic rings. The lowest BCUT2D eigenvalue weighted by atomic mass is 9.86. The molecule has 0 saturated carbocycles. The van der Waals surface area contributed by atoms with Crippen molar-refractivity contribution in [3.05, 3.63) is 101 Å². The van der Waals surface area contributed by atoms with Gasteiger partial charge in [-0.3, -0.25) is 0 Å². The smallest absolute Gasteiger partial charge is 0.213 e. The fourth-order valence-electron chi connectivity index (χ4n) is 4.21. The highest BCUT2D eigenvalue weighted by Crippen LogP contribution is 2.47. The van der Waals surface area contributed by atoms with Crippen molar-refractivity contribution >= 4 is 5.71 Å². The third kappa shape index (κ3) is 3.21. The van der Waals surface area contributed by atoms with Crippen LogP contribution in [0.2, 0.25) is 0 Å². The zero-order valence-corrected chi connectivity index (χ0v) is 17.2. The highest BCUT2D eigenvalue weighted by Gasteiger charge is 2.40. The first-order valence-corrected chi connectivity index (χ1v) is 10.3. The van der Waals surface area contributed by atoms with E-state index in [-0.39, 0.29) is 17.7 Å². The number of hydrogen-bond acceptors (Lipinski definition) is 3. The summed E-state index contributed by atoms with van der Waals surface area (Å²) in [5.74, 6) is 0.961. The SMILES string of the molecule is CC(C)(C)c1ccc([C@H]2Oc3ccccc3[C@H]3CC(c4ccccc4)=NN32)cc1. The van der Waals surface area contributed by atoms with Crippen LogP contribution in [-0.4, -0.2) is 10.7 Å². The fourth-order valence-corrected chi connectivity index (χ4v) is 4.21. The predicted molar refractivity (Wildman–Crippen MR) is 117 cm³/mol. The van der Waals surface area contributed by atoms with Gasteiger partial charge in [-0.2, -0.15) is 5.10 Å². The van der Waals surface area contributed by atoms with Crippen molar-refractivity contribution in [2.75, 3.05) is 0 Å². The lowest BCUT2D eigenvalue weighted by Crippen LogP contribution is -2.33. The fraction of sp³-hybridized carbons (Fsp3) is 0.269. The number of nitrogens with zero attached hydrogens (tertiary/aromatic N) is 2. The van der Waals surface area contributed by atoms with Crippen LogP contribution in [0.15, 0.2) is 84.0 Å². The molecule has 3 heteroatoms. The Morgan fingerprint density at radius 3 is 2.28 bits per heavy atom. The molecule has 2 aliphatic heterocycles. The Hall–Kier alpha value is -3.07. The monoisotopic (exact) mass is 382 g/mol. The average Bonchev–Trinajstić information content (AvgIpc) is 3.19. The minimum atomic E-state index is -0.217. The molecule has 0 aliphatic carbocycles.